The highest BCUT2D eigenvalue weighted by molar-refractivity contribution is 5.97. The minimum absolute atomic E-state index is 0.171. The number of aliphatic carboxylic acids is 2. The topological polar surface area (TPSA) is 83.8 Å². The van der Waals surface area contributed by atoms with E-state index in [1.54, 1.807) is 13.8 Å². The van der Waals surface area contributed by atoms with E-state index in [0.29, 0.717) is 12.8 Å². The Morgan fingerprint density at radius 3 is 2.06 bits per heavy atom. The largest absolute Gasteiger partial charge is 0.483 e. The number of carboxylic acid groups (broad SMARTS) is 2. The fourth-order valence-electron chi connectivity index (χ4n) is 1.10. The first-order valence-corrected chi connectivity index (χ1v) is 5.30. The number of carboxylic acids is 2. The molecule has 0 bridgehead atoms. The summed E-state index contributed by atoms with van der Waals surface area (Å²) in [6, 6.07) is 0. The zero-order valence-electron chi connectivity index (χ0n) is 9.82. The van der Waals surface area contributed by atoms with Crippen LogP contribution in [0.2, 0.25) is 0 Å². The van der Waals surface area contributed by atoms with E-state index in [9.17, 15) is 9.59 Å². The van der Waals surface area contributed by atoms with Crippen molar-refractivity contribution >= 4 is 11.9 Å². The number of ether oxygens (including phenoxy) is 1. The van der Waals surface area contributed by atoms with Gasteiger partial charge in [0.25, 0.3) is 0 Å². The van der Waals surface area contributed by atoms with Crippen molar-refractivity contribution in [2.45, 2.75) is 46.1 Å². The van der Waals surface area contributed by atoms with Crippen LogP contribution in [0, 0.1) is 0 Å². The van der Waals surface area contributed by atoms with Crippen LogP contribution in [0.15, 0.2) is 11.3 Å². The minimum Gasteiger partial charge on any atom is -0.483 e. The van der Waals surface area contributed by atoms with Gasteiger partial charge in [-0.15, -0.1) is 0 Å². The maximum absolute atomic E-state index is 10.9. The van der Waals surface area contributed by atoms with Crippen LogP contribution in [0.4, 0.5) is 0 Å². The van der Waals surface area contributed by atoms with Crippen molar-refractivity contribution in [2.75, 3.05) is 0 Å². The van der Waals surface area contributed by atoms with E-state index < -0.39 is 17.7 Å². The highest BCUT2D eigenvalue weighted by Crippen LogP contribution is 2.16. The highest BCUT2D eigenvalue weighted by Gasteiger charge is 2.22. The second kappa shape index (κ2) is 6.87. The summed E-state index contributed by atoms with van der Waals surface area (Å²) in [5.74, 6) is -3.00. The predicted molar refractivity (Wildman–Crippen MR) is 58.0 cm³/mol. The molecule has 16 heavy (non-hydrogen) atoms. The predicted octanol–water partition coefficient (Wildman–Crippen LogP) is 2.02. The van der Waals surface area contributed by atoms with Crippen molar-refractivity contribution in [3.8, 4) is 0 Å². The van der Waals surface area contributed by atoms with Crippen LogP contribution in [-0.4, -0.2) is 28.3 Å². The average Bonchev–Trinajstić information content (AvgIpc) is 2.22. The van der Waals surface area contributed by atoms with Crippen molar-refractivity contribution in [3.63, 3.8) is 0 Å². The number of hydrogen-bond acceptors (Lipinski definition) is 3. The first-order valence-electron chi connectivity index (χ1n) is 5.30. The van der Waals surface area contributed by atoms with Crippen molar-refractivity contribution in [1.29, 1.82) is 0 Å². The summed E-state index contributed by atoms with van der Waals surface area (Å²) >= 11 is 0. The zero-order valence-corrected chi connectivity index (χ0v) is 9.82. The van der Waals surface area contributed by atoms with E-state index in [-0.39, 0.29) is 18.1 Å². The van der Waals surface area contributed by atoms with E-state index in [1.165, 1.54) is 0 Å². The van der Waals surface area contributed by atoms with Crippen molar-refractivity contribution in [3.05, 3.63) is 11.3 Å². The van der Waals surface area contributed by atoms with E-state index in [0.717, 1.165) is 0 Å². The third kappa shape index (κ3) is 4.33. The zero-order chi connectivity index (χ0) is 12.7. The molecule has 0 aromatic carbocycles. The lowest BCUT2D eigenvalue weighted by Crippen LogP contribution is -2.18. The first kappa shape index (κ1) is 14.5. The smallest absolute Gasteiger partial charge is 0.371 e. The third-order valence-corrected chi connectivity index (χ3v) is 2.12. The van der Waals surface area contributed by atoms with Crippen LogP contribution in [0.3, 0.4) is 0 Å². The maximum atomic E-state index is 10.9. The van der Waals surface area contributed by atoms with Crippen molar-refractivity contribution in [1.82, 2.24) is 0 Å². The van der Waals surface area contributed by atoms with Gasteiger partial charge in [-0.2, -0.15) is 0 Å². The minimum atomic E-state index is -1.33. The Morgan fingerprint density at radius 1 is 1.19 bits per heavy atom. The Labute approximate surface area is 94.7 Å². The summed E-state index contributed by atoms with van der Waals surface area (Å²) in [6.07, 6.45) is 1.06. The molecule has 0 aliphatic heterocycles. The molecule has 0 fully saturated rings. The fourth-order valence-corrected chi connectivity index (χ4v) is 1.10. The molecule has 0 aromatic rings. The molecule has 0 saturated heterocycles. The molecule has 1 atom stereocenters. The molecule has 0 saturated carbocycles. The summed E-state index contributed by atoms with van der Waals surface area (Å²) < 4.78 is 5.14. The van der Waals surface area contributed by atoms with Gasteiger partial charge in [0, 0.05) is 0 Å². The van der Waals surface area contributed by atoms with Gasteiger partial charge in [-0.05, 0) is 19.8 Å². The molecule has 0 aromatic heterocycles. The number of carbonyl (C=O) groups is 2. The highest BCUT2D eigenvalue weighted by atomic mass is 16.5. The van der Waals surface area contributed by atoms with Gasteiger partial charge >= 0.3 is 11.9 Å². The van der Waals surface area contributed by atoms with E-state index in [1.807, 2.05) is 6.92 Å². The summed E-state index contributed by atoms with van der Waals surface area (Å²) in [7, 11) is 0. The normalized spacial score (nSPS) is 13.9. The number of hydrogen-bond donors (Lipinski definition) is 2. The molecule has 0 spiro atoms. The lowest BCUT2D eigenvalue weighted by molar-refractivity contribution is -0.140. The summed E-state index contributed by atoms with van der Waals surface area (Å²) in [6.45, 7) is 5.32. The summed E-state index contributed by atoms with van der Waals surface area (Å²) in [5, 5.41) is 17.8. The second-order valence-electron chi connectivity index (χ2n) is 3.50. The Kier molecular flexibility index (Phi) is 6.22. The van der Waals surface area contributed by atoms with Gasteiger partial charge in [0.1, 0.15) is 0 Å². The fraction of sp³-hybridized carbons (Fsp3) is 0.636. The Bertz CT molecular complexity index is 293. The van der Waals surface area contributed by atoms with Crippen molar-refractivity contribution < 1.29 is 24.5 Å². The molecule has 0 aliphatic carbocycles. The molecule has 92 valence electrons. The Morgan fingerprint density at radius 2 is 1.75 bits per heavy atom. The summed E-state index contributed by atoms with van der Waals surface area (Å²) in [5.41, 5.74) is -0.171. The number of rotatable bonds is 7. The Balaban J connectivity index is 5.14. The van der Waals surface area contributed by atoms with Crippen LogP contribution < -0.4 is 0 Å². The van der Waals surface area contributed by atoms with Crippen LogP contribution in [0.1, 0.15) is 40.0 Å². The average molecular weight is 230 g/mol. The standard InChI is InChI=1S/C11H18O5/c1-4-6-8(10(12)13)9(11(14)15)16-7(3)5-2/h7H,4-6H2,1-3H3,(H,12,13)(H,14,15)/b9-8+. The van der Waals surface area contributed by atoms with Crippen LogP contribution in [0.25, 0.3) is 0 Å². The Hall–Kier alpha value is -1.52. The molecule has 5 nitrogen and oxygen atoms in total. The SMILES string of the molecule is CCC/C(C(=O)O)=C(\OC(C)CC)C(=O)O. The molecular formula is C11H18O5. The first-order chi connectivity index (χ1) is 7.43. The van der Waals surface area contributed by atoms with Crippen LogP contribution >= 0.6 is 0 Å². The second-order valence-corrected chi connectivity index (χ2v) is 3.50. The lowest BCUT2D eigenvalue weighted by atomic mass is 10.1. The molecule has 0 amide bonds. The maximum Gasteiger partial charge on any atom is 0.371 e. The quantitative estimate of drug-likeness (QED) is 0.516. The van der Waals surface area contributed by atoms with E-state index in [4.69, 9.17) is 14.9 Å². The molecular weight excluding hydrogens is 212 g/mol. The van der Waals surface area contributed by atoms with Crippen LogP contribution in [-0.2, 0) is 14.3 Å². The molecule has 5 heteroatoms. The van der Waals surface area contributed by atoms with Gasteiger partial charge < -0.3 is 14.9 Å². The van der Waals surface area contributed by atoms with Crippen LogP contribution in [0.5, 0.6) is 0 Å². The van der Waals surface area contributed by atoms with E-state index >= 15 is 0 Å². The molecule has 1 unspecified atom stereocenters. The van der Waals surface area contributed by atoms with Gasteiger partial charge in [0.15, 0.2) is 0 Å². The molecule has 0 aliphatic rings. The van der Waals surface area contributed by atoms with Gasteiger partial charge in [0.2, 0.25) is 5.76 Å². The monoisotopic (exact) mass is 230 g/mol. The lowest BCUT2D eigenvalue weighted by Gasteiger charge is -2.15. The molecule has 0 heterocycles. The molecule has 0 radical (unpaired) electrons. The van der Waals surface area contributed by atoms with Crippen molar-refractivity contribution in [2.24, 2.45) is 0 Å². The molecule has 0 rings (SSSR count). The van der Waals surface area contributed by atoms with Gasteiger partial charge in [0.05, 0.1) is 11.7 Å². The third-order valence-electron chi connectivity index (χ3n) is 2.12. The van der Waals surface area contributed by atoms with Gasteiger partial charge in [-0.25, -0.2) is 9.59 Å². The van der Waals surface area contributed by atoms with E-state index in [2.05, 4.69) is 0 Å². The summed E-state index contributed by atoms with van der Waals surface area (Å²) in [4.78, 5) is 21.8. The van der Waals surface area contributed by atoms with Gasteiger partial charge in [-0.3, -0.25) is 0 Å². The molecule has 2 N–H and O–H groups in total. The van der Waals surface area contributed by atoms with Gasteiger partial charge in [-0.1, -0.05) is 20.3 Å².